The van der Waals surface area contributed by atoms with Crippen LogP contribution < -0.4 is 11.1 Å². The molecular weight excluding hydrogens is 254 g/mol. The lowest BCUT2D eigenvalue weighted by Gasteiger charge is -2.19. The van der Waals surface area contributed by atoms with Crippen LogP contribution in [0.5, 0.6) is 0 Å². The second-order valence-electron chi connectivity index (χ2n) is 5.55. The van der Waals surface area contributed by atoms with Gasteiger partial charge in [0.25, 0.3) is 0 Å². The molecule has 114 valence electrons. The SMILES string of the molecule is CC(C)C(CCN)CCC(=O)NCCc1ncn(C)n1. The summed E-state index contributed by atoms with van der Waals surface area (Å²) in [6, 6.07) is 0. The largest absolute Gasteiger partial charge is 0.356 e. The first-order valence-corrected chi connectivity index (χ1v) is 7.34. The predicted molar refractivity (Wildman–Crippen MR) is 79.0 cm³/mol. The first kappa shape index (κ1) is 16.6. The van der Waals surface area contributed by atoms with Crippen molar-refractivity contribution in [2.75, 3.05) is 13.1 Å². The van der Waals surface area contributed by atoms with Gasteiger partial charge >= 0.3 is 0 Å². The molecule has 6 nitrogen and oxygen atoms in total. The number of aryl methyl sites for hydroxylation is 1. The molecule has 1 rings (SSSR count). The molecule has 3 N–H and O–H groups in total. The van der Waals surface area contributed by atoms with E-state index >= 15 is 0 Å². The fourth-order valence-corrected chi connectivity index (χ4v) is 2.24. The van der Waals surface area contributed by atoms with Gasteiger partial charge in [-0.15, -0.1) is 0 Å². The maximum absolute atomic E-state index is 11.8. The first-order valence-electron chi connectivity index (χ1n) is 7.34. The number of carbonyl (C=O) groups is 1. The van der Waals surface area contributed by atoms with Crippen molar-refractivity contribution in [3.63, 3.8) is 0 Å². The van der Waals surface area contributed by atoms with Gasteiger partial charge in [-0.3, -0.25) is 9.48 Å². The Morgan fingerprint density at radius 3 is 2.75 bits per heavy atom. The van der Waals surface area contributed by atoms with Crippen LogP contribution in [0.4, 0.5) is 0 Å². The number of aromatic nitrogens is 3. The van der Waals surface area contributed by atoms with Gasteiger partial charge in [0.2, 0.25) is 5.91 Å². The molecule has 0 saturated heterocycles. The molecule has 0 bridgehead atoms. The summed E-state index contributed by atoms with van der Waals surface area (Å²) in [6.07, 6.45) is 4.80. The zero-order chi connectivity index (χ0) is 15.0. The van der Waals surface area contributed by atoms with E-state index in [4.69, 9.17) is 5.73 Å². The average molecular weight is 281 g/mol. The van der Waals surface area contributed by atoms with Gasteiger partial charge in [0.15, 0.2) is 5.82 Å². The van der Waals surface area contributed by atoms with Gasteiger partial charge in [0.05, 0.1) is 0 Å². The van der Waals surface area contributed by atoms with Crippen molar-refractivity contribution < 1.29 is 4.79 Å². The maximum Gasteiger partial charge on any atom is 0.220 e. The number of nitrogens with one attached hydrogen (secondary N) is 1. The number of hydrogen-bond acceptors (Lipinski definition) is 4. The normalized spacial score (nSPS) is 12.7. The minimum absolute atomic E-state index is 0.101. The second-order valence-corrected chi connectivity index (χ2v) is 5.55. The zero-order valence-corrected chi connectivity index (χ0v) is 12.8. The highest BCUT2D eigenvalue weighted by Gasteiger charge is 2.14. The summed E-state index contributed by atoms with van der Waals surface area (Å²) in [4.78, 5) is 15.9. The lowest BCUT2D eigenvalue weighted by Crippen LogP contribution is -2.27. The van der Waals surface area contributed by atoms with E-state index in [1.165, 1.54) is 0 Å². The van der Waals surface area contributed by atoms with E-state index in [-0.39, 0.29) is 5.91 Å². The summed E-state index contributed by atoms with van der Waals surface area (Å²) in [5.41, 5.74) is 5.60. The standard InChI is InChI=1S/C14H27N5O/c1-11(2)12(6-8-15)4-5-14(20)16-9-7-13-17-10-19(3)18-13/h10-12H,4-9,15H2,1-3H3,(H,16,20). The molecular formula is C14H27N5O. The third-order valence-corrected chi connectivity index (χ3v) is 3.54. The number of carbonyl (C=O) groups excluding carboxylic acids is 1. The Morgan fingerprint density at radius 1 is 1.45 bits per heavy atom. The highest BCUT2D eigenvalue weighted by Crippen LogP contribution is 2.20. The summed E-state index contributed by atoms with van der Waals surface area (Å²) in [6.45, 7) is 5.65. The van der Waals surface area contributed by atoms with Crippen LogP contribution in [0.3, 0.4) is 0 Å². The smallest absolute Gasteiger partial charge is 0.220 e. The molecule has 0 spiro atoms. The molecule has 0 aromatic carbocycles. The van der Waals surface area contributed by atoms with Gasteiger partial charge in [0.1, 0.15) is 6.33 Å². The Bertz CT molecular complexity index is 402. The summed E-state index contributed by atoms with van der Waals surface area (Å²) >= 11 is 0. The van der Waals surface area contributed by atoms with Crippen molar-refractivity contribution in [2.24, 2.45) is 24.6 Å². The third kappa shape index (κ3) is 6.14. The van der Waals surface area contributed by atoms with Crippen molar-refractivity contribution >= 4 is 5.91 Å². The monoisotopic (exact) mass is 281 g/mol. The average Bonchev–Trinajstić information content (AvgIpc) is 2.80. The lowest BCUT2D eigenvalue weighted by molar-refractivity contribution is -0.121. The van der Waals surface area contributed by atoms with Crippen molar-refractivity contribution in [2.45, 2.75) is 39.5 Å². The van der Waals surface area contributed by atoms with Crippen LogP contribution in [0.1, 0.15) is 38.9 Å². The summed E-state index contributed by atoms with van der Waals surface area (Å²) in [5, 5.41) is 7.09. The number of amides is 1. The summed E-state index contributed by atoms with van der Waals surface area (Å²) in [7, 11) is 1.83. The van der Waals surface area contributed by atoms with Gasteiger partial charge in [-0.1, -0.05) is 13.8 Å². The Morgan fingerprint density at radius 2 is 2.20 bits per heavy atom. The van der Waals surface area contributed by atoms with Crippen LogP contribution in [0.25, 0.3) is 0 Å². The van der Waals surface area contributed by atoms with E-state index in [1.54, 1.807) is 11.0 Å². The molecule has 1 heterocycles. The molecule has 0 aliphatic carbocycles. The van der Waals surface area contributed by atoms with Crippen molar-refractivity contribution in [1.82, 2.24) is 20.1 Å². The number of nitrogens with zero attached hydrogens (tertiary/aromatic N) is 3. The van der Waals surface area contributed by atoms with E-state index in [0.29, 0.717) is 37.8 Å². The van der Waals surface area contributed by atoms with Crippen LogP contribution in [0.2, 0.25) is 0 Å². The van der Waals surface area contributed by atoms with E-state index < -0.39 is 0 Å². The van der Waals surface area contributed by atoms with Crippen LogP contribution in [-0.4, -0.2) is 33.8 Å². The van der Waals surface area contributed by atoms with Crippen molar-refractivity contribution in [1.29, 1.82) is 0 Å². The van der Waals surface area contributed by atoms with Crippen LogP contribution in [0, 0.1) is 11.8 Å². The van der Waals surface area contributed by atoms with Gasteiger partial charge in [0, 0.05) is 26.4 Å². The fraction of sp³-hybridized carbons (Fsp3) is 0.786. The minimum atomic E-state index is 0.101. The van der Waals surface area contributed by atoms with E-state index in [0.717, 1.165) is 18.7 Å². The number of hydrogen-bond donors (Lipinski definition) is 2. The van der Waals surface area contributed by atoms with Crippen LogP contribution >= 0.6 is 0 Å². The molecule has 0 saturated carbocycles. The quantitative estimate of drug-likeness (QED) is 0.703. The van der Waals surface area contributed by atoms with Gasteiger partial charge < -0.3 is 11.1 Å². The van der Waals surface area contributed by atoms with E-state index in [1.807, 2.05) is 7.05 Å². The van der Waals surface area contributed by atoms with Crippen molar-refractivity contribution in [3.05, 3.63) is 12.2 Å². The number of nitrogens with two attached hydrogens (primary N) is 1. The number of rotatable bonds is 9. The molecule has 1 atom stereocenters. The molecule has 0 aliphatic rings. The Labute approximate surface area is 121 Å². The fourth-order valence-electron chi connectivity index (χ4n) is 2.24. The summed E-state index contributed by atoms with van der Waals surface area (Å²) in [5.74, 6) is 1.96. The van der Waals surface area contributed by atoms with Crippen molar-refractivity contribution in [3.8, 4) is 0 Å². The highest BCUT2D eigenvalue weighted by atomic mass is 16.1. The topological polar surface area (TPSA) is 85.8 Å². The van der Waals surface area contributed by atoms with Crippen LogP contribution in [0.15, 0.2) is 6.33 Å². The molecule has 1 unspecified atom stereocenters. The van der Waals surface area contributed by atoms with Gasteiger partial charge in [-0.25, -0.2) is 4.98 Å². The molecule has 0 fully saturated rings. The molecule has 6 heteroatoms. The molecule has 1 amide bonds. The molecule has 0 radical (unpaired) electrons. The minimum Gasteiger partial charge on any atom is -0.356 e. The van der Waals surface area contributed by atoms with Crippen LogP contribution in [-0.2, 0) is 18.3 Å². The molecule has 20 heavy (non-hydrogen) atoms. The molecule has 1 aromatic rings. The third-order valence-electron chi connectivity index (χ3n) is 3.54. The van der Waals surface area contributed by atoms with Gasteiger partial charge in [-0.05, 0) is 31.2 Å². The lowest BCUT2D eigenvalue weighted by atomic mass is 9.88. The Balaban J connectivity index is 2.19. The second kappa shape index (κ2) is 8.68. The molecule has 1 aromatic heterocycles. The maximum atomic E-state index is 11.8. The van der Waals surface area contributed by atoms with E-state index in [2.05, 4.69) is 29.2 Å². The zero-order valence-electron chi connectivity index (χ0n) is 12.8. The van der Waals surface area contributed by atoms with E-state index in [9.17, 15) is 4.79 Å². The summed E-state index contributed by atoms with van der Waals surface area (Å²) < 4.78 is 1.66. The highest BCUT2D eigenvalue weighted by molar-refractivity contribution is 5.75. The molecule has 0 aliphatic heterocycles. The predicted octanol–water partition coefficient (Wildman–Crippen LogP) is 0.875. The van der Waals surface area contributed by atoms with Gasteiger partial charge in [-0.2, -0.15) is 5.10 Å². The Kier molecular flexibility index (Phi) is 7.22. The first-order chi connectivity index (χ1) is 9.52. The Hall–Kier alpha value is -1.43.